The second-order valence-corrected chi connectivity index (χ2v) is 7.44. The smallest absolute Gasteiger partial charge is 0.410 e. The van der Waals surface area contributed by atoms with Gasteiger partial charge in [0.05, 0.1) is 11.6 Å². The van der Waals surface area contributed by atoms with E-state index in [1.54, 1.807) is 17.0 Å². The van der Waals surface area contributed by atoms with Crippen LogP contribution in [0.3, 0.4) is 0 Å². The molecule has 1 unspecified atom stereocenters. The number of rotatable bonds is 2. The number of fused-ring (bicyclic) bond motifs is 1. The van der Waals surface area contributed by atoms with Gasteiger partial charge in [0.1, 0.15) is 11.1 Å². The first-order valence-electron chi connectivity index (χ1n) is 8.50. The van der Waals surface area contributed by atoms with Crippen molar-refractivity contribution in [2.24, 2.45) is 5.73 Å². The van der Waals surface area contributed by atoms with E-state index in [4.69, 9.17) is 10.5 Å². The molecule has 134 valence electrons. The molecule has 1 aromatic heterocycles. The predicted molar refractivity (Wildman–Crippen MR) is 94.3 cm³/mol. The van der Waals surface area contributed by atoms with Crippen LogP contribution >= 0.6 is 0 Å². The molecule has 25 heavy (non-hydrogen) atoms. The minimum atomic E-state index is -0.513. The maximum Gasteiger partial charge on any atom is 0.410 e. The summed E-state index contributed by atoms with van der Waals surface area (Å²) < 4.78 is 7.31. The Bertz CT molecular complexity index is 806. The molecule has 7 nitrogen and oxygen atoms in total. The van der Waals surface area contributed by atoms with Gasteiger partial charge in [-0.3, -0.25) is 9.48 Å². The zero-order valence-electron chi connectivity index (χ0n) is 14.9. The monoisotopic (exact) mass is 344 g/mol. The van der Waals surface area contributed by atoms with Crippen molar-refractivity contribution in [1.82, 2.24) is 14.7 Å². The first-order chi connectivity index (χ1) is 11.7. The molecule has 1 atom stereocenters. The number of likely N-dealkylation sites (tertiary alicyclic amines) is 1. The molecular weight excluding hydrogens is 320 g/mol. The number of nitrogens with two attached hydrogens (primary N) is 1. The molecule has 0 spiro atoms. The molecule has 2 amide bonds. The number of nitrogens with zero attached hydrogens (tertiary/aromatic N) is 3. The van der Waals surface area contributed by atoms with E-state index in [2.05, 4.69) is 5.10 Å². The highest BCUT2D eigenvalue weighted by atomic mass is 16.6. The first-order valence-corrected chi connectivity index (χ1v) is 8.50. The second-order valence-electron chi connectivity index (χ2n) is 7.44. The van der Waals surface area contributed by atoms with E-state index in [1.165, 1.54) is 0 Å². The quantitative estimate of drug-likeness (QED) is 0.907. The van der Waals surface area contributed by atoms with Crippen molar-refractivity contribution >= 4 is 22.9 Å². The molecule has 2 heterocycles. The Balaban J connectivity index is 1.82. The fraction of sp³-hybridized carbons (Fsp3) is 0.500. The lowest BCUT2D eigenvalue weighted by Gasteiger charge is -2.34. The number of hydrogen-bond acceptors (Lipinski definition) is 4. The molecule has 1 aromatic carbocycles. The molecule has 1 aliphatic rings. The van der Waals surface area contributed by atoms with Crippen LogP contribution < -0.4 is 5.73 Å². The van der Waals surface area contributed by atoms with Crippen molar-refractivity contribution in [3.8, 4) is 0 Å². The number of carbonyl (C=O) groups is 2. The highest BCUT2D eigenvalue weighted by Crippen LogP contribution is 2.26. The maximum absolute atomic E-state index is 12.3. The molecule has 1 saturated heterocycles. The zero-order valence-corrected chi connectivity index (χ0v) is 14.9. The molecule has 1 aliphatic heterocycles. The number of primary amides is 1. The molecular formula is C18H24N4O3. The largest absolute Gasteiger partial charge is 0.444 e. The van der Waals surface area contributed by atoms with Gasteiger partial charge in [-0.05, 0) is 39.7 Å². The highest BCUT2D eigenvalue weighted by molar-refractivity contribution is 6.04. The maximum atomic E-state index is 12.3. The van der Waals surface area contributed by atoms with Gasteiger partial charge in [-0.15, -0.1) is 0 Å². The number of hydrogen-bond donors (Lipinski definition) is 1. The minimum Gasteiger partial charge on any atom is -0.444 e. The molecule has 0 bridgehead atoms. The Hall–Kier alpha value is -2.57. The fourth-order valence-corrected chi connectivity index (χ4v) is 3.11. The van der Waals surface area contributed by atoms with Crippen LogP contribution in [0.5, 0.6) is 0 Å². The third kappa shape index (κ3) is 3.75. The summed E-state index contributed by atoms with van der Waals surface area (Å²) in [6.45, 7) is 6.79. The zero-order chi connectivity index (χ0) is 18.2. The van der Waals surface area contributed by atoms with Crippen LogP contribution in [0.2, 0.25) is 0 Å². The Morgan fingerprint density at radius 3 is 2.76 bits per heavy atom. The summed E-state index contributed by atoms with van der Waals surface area (Å²) in [5.74, 6) is -0.491. The van der Waals surface area contributed by atoms with E-state index in [-0.39, 0.29) is 12.1 Å². The van der Waals surface area contributed by atoms with Gasteiger partial charge in [-0.25, -0.2) is 4.79 Å². The lowest BCUT2D eigenvalue weighted by Crippen LogP contribution is -2.43. The van der Waals surface area contributed by atoms with Crippen LogP contribution in [0.15, 0.2) is 24.4 Å². The minimum absolute atomic E-state index is 0.0504. The first kappa shape index (κ1) is 17.3. The molecule has 3 rings (SSSR count). The van der Waals surface area contributed by atoms with Gasteiger partial charge in [0, 0.05) is 24.7 Å². The van der Waals surface area contributed by atoms with Crippen molar-refractivity contribution in [2.75, 3.05) is 13.1 Å². The number of aromatic nitrogens is 2. The van der Waals surface area contributed by atoms with E-state index in [0.29, 0.717) is 24.2 Å². The van der Waals surface area contributed by atoms with Gasteiger partial charge in [-0.2, -0.15) is 5.10 Å². The van der Waals surface area contributed by atoms with Crippen LogP contribution in [0.4, 0.5) is 4.79 Å². The van der Waals surface area contributed by atoms with Crippen LogP contribution in [-0.2, 0) is 4.74 Å². The summed E-state index contributed by atoms with van der Waals surface area (Å²) in [6.07, 6.45) is 3.40. The van der Waals surface area contributed by atoms with Gasteiger partial charge in [0.2, 0.25) is 0 Å². The Labute approximate surface area is 146 Å². The van der Waals surface area contributed by atoms with Gasteiger partial charge in [0.15, 0.2) is 0 Å². The van der Waals surface area contributed by atoms with Gasteiger partial charge >= 0.3 is 6.09 Å². The molecule has 2 N–H and O–H groups in total. The van der Waals surface area contributed by atoms with Gasteiger partial charge in [-0.1, -0.05) is 12.1 Å². The third-order valence-electron chi connectivity index (χ3n) is 4.24. The molecule has 0 aliphatic carbocycles. The van der Waals surface area contributed by atoms with Crippen LogP contribution in [0.25, 0.3) is 10.9 Å². The Kier molecular flexibility index (Phi) is 4.41. The molecule has 7 heteroatoms. The molecule has 2 aromatic rings. The lowest BCUT2D eigenvalue weighted by molar-refractivity contribution is 0.0168. The van der Waals surface area contributed by atoms with Crippen LogP contribution in [-0.4, -0.2) is 45.4 Å². The van der Waals surface area contributed by atoms with Crippen molar-refractivity contribution in [2.45, 2.75) is 45.3 Å². The van der Waals surface area contributed by atoms with Crippen molar-refractivity contribution in [1.29, 1.82) is 0 Å². The number of ether oxygens (including phenoxy) is 1. The number of carbonyl (C=O) groups excluding carboxylic acids is 2. The topological polar surface area (TPSA) is 90.5 Å². The summed E-state index contributed by atoms with van der Waals surface area (Å²) in [5.41, 5.74) is 5.93. The van der Waals surface area contributed by atoms with E-state index < -0.39 is 11.5 Å². The molecule has 1 fully saturated rings. The van der Waals surface area contributed by atoms with E-state index in [1.807, 2.05) is 37.7 Å². The summed E-state index contributed by atoms with van der Waals surface area (Å²) in [7, 11) is 0. The average molecular weight is 344 g/mol. The summed E-state index contributed by atoms with van der Waals surface area (Å²) >= 11 is 0. The van der Waals surface area contributed by atoms with Gasteiger partial charge in [0.25, 0.3) is 5.91 Å². The van der Waals surface area contributed by atoms with Crippen molar-refractivity contribution < 1.29 is 14.3 Å². The number of benzene rings is 1. The summed E-state index contributed by atoms with van der Waals surface area (Å²) in [5, 5.41) is 5.43. The SMILES string of the molecule is CC(C)(C)OC(=O)N1CCCC(n2cc3cccc(C(N)=O)c3n2)C1. The number of piperidine rings is 1. The predicted octanol–water partition coefficient (Wildman–Crippen LogP) is 2.71. The fourth-order valence-electron chi connectivity index (χ4n) is 3.11. The lowest BCUT2D eigenvalue weighted by atomic mass is 10.1. The van der Waals surface area contributed by atoms with Crippen molar-refractivity contribution in [3.63, 3.8) is 0 Å². The average Bonchev–Trinajstić information content (AvgIpc) is 2.97. The highest BCUT2D eigenvalue weighted by Gasteiger charge is 2.29. The second kappa shape index (κ2) is 6.38. The standard InChI is InChI=1S/C18H24N4O3/c1-18(2,3)25-17(24)21-9-5-7-13(11-21)22-10-12-6-4-8-14(16(19)23)15(12)20-22/h4,6,8,10,13H,5,7,9,11H2,1-3H3,(H2,19,23). The van der Waals surface area contributed by atoms with Crippen LogP contribution in [0, 0.1) is 0 Å². The number of amides is 2. The summed E-state index contributed by atoms with van der Waals surface area (Å²) in [4.78, 5) is 25.6. The third-order valence-corrected chi connectivity index (χ3v) is 4.24. The Morgan fingerprint density at radius 1 is 1.32 bits per heavy atom. The van der Waals surface area contributed by atoms with Crippen LogP contribution in [0.1, 0.15) is 50.0 Å². The van der Waals surface area contributed by atoms with E-state index in [0.717, 1.165) is 18.2 Å². The van der Waals surface area contributed by atoms with Gasteiger partial charge < -0.3 is 15.4 Å². The normalized spacial score (nSPS) is 18.4. The Morgan fingerprint density at radius 2 is 2.08 bits per heavy atom. The van der Waals surface area contributed by atoms with E-state index >= 15 is 0 Å². The molecule has 0 radical (unpaired) electrons. The summed E-state index contributed by atoms with van der Waals surface area (Å²) in [6, 6.07) is 5.42. The van der Waals surface area contributed by atoms with E-state index in [9.17, 15) is 9.59 Å². The molecule has 0 saturated carbocycles. The van der Waals surface area contributed by atoms with Crippen molar-refractivity contribution in [3.05, 3.63) is 30.0 Å².